The monoisotopic (exact) mass is 326 g/mol. The normalized spacial score (nSPS) is 15.8. The summed E-state index contributed by atoms with van der Waals surface area (Å²) in [6, 6.07) is 17.4. The van der Waals surface area contributed by atoms with Crippen LogP contribution in [0.3, 0.4) is 0 Å². The van der Waals surface area contributed by atoms with E-state index in [1.165, 1.54) is 47.1 Å². The third-order valence-corrected chi connectivity index (χ3v) is 5.88. The molecule has 0 N–H and O–H groups in total. The first-order valence-electron chi connectivity index (χ1n) is 8.45. The third kappa shape index (κ3) is 4.30. The maximum atomic E-state index is 2.60. The van der Waals surface area contributed by atoms with E-state index in [0.717, 1.165) is 13.1 Å². The summed E-state index contributed by atoms with van der Waals surface area (Å²) >= 11 is 2.01. The van der Waals surface area contributed by atoms with Crippen LogP contribution in [0.5, 0.6) is 0 Å². The van der Waals surface area contributed by atoms with Crippen LogP contribution in [-0.4, -0.2) is 43.4 Å². The van der Waals surface area contributed by atoms with E-state index in [1.807, 2.05) is 11.8 Å². The van der Waals surface area contributed by atoms with Gasteiger partial charge in [-0.15, -0.1) is 11.8 Å². The summed E-state index contributed by atoms with van der Waals surface area (Å²) in [5.41, 5.74) is 4.17. The summed E-state index contributed by atoms with van der Waals surface area (Å²) < 4.78 is 0. The number of anilines is 1. The molecule has 0 saturated carbocycles. The minimum absolute atomic E-state index is 1.14. The van der Waals surface area contributed by atoms with Gasteiger partial charge in [-0.3, -0.25) is 4.90 Å². The van der Waals surface area contributed by atoms with Crippen molar-refractivity contribution in [3.05, 3.63) is 59.7 Å². The van der Waals surface area contributed by atoms with Crippen molar-refractivity contribution in [3.63, 3.8) is 0 Å². The molecule has 0 aromatic heterocycles. The molecule has 1 aliphatic rings. The Morgan fingerprint density at radius 1 is 0.826 bits per heavy atom. The molecule has 0 spiro atoms. The molecule has 0 bridgehead atoms. The molecule has 3 heteroatoms. The van der Waals surface area contributed by atoms with Crippen molar-refractivity contribution in [2.45, 2.75) is 18.7 Å². The quantitative estimate of drug-likeness (QED) is 0.760. The summed E-state index contributed by atoms with van der Waals surface area (Å²) in [6.07, 6.45) is 0. The van der Waals surface area contributed by atoms with Crippen molar-refractivity contribution >= 4 is 17.4 Å². The van der Waals surface area contributed by atoms with Gasteiger partial charge in [-0.25, -0.2) is 0 Å². The Labute approximate surface area is 144 Å². The average Bonchev–Trinajstić information content (AvgIpc) is 2.59. The smallest absolute Gasteiger partial charge is 0.0367 e. The minimum atomic E-state index is 1.14. The first-order chi connectivity index (χ1) is 11.2. The number of aryl methyl sites for hydroxylation is 2. The van der Waals surface area contributed by atoms with Crippen LogP contribution < -0.4 is 4.90 Å². The number of para-hydroxylation sites is 1. The lowest BCUT2D eigenvalue weighted by atomic mass is 10.2. The summed E-state index contributed by atoms with van der Waals surface area (Å²) in [5, 5.41) is 0. The van der Waals surface area contributed by atoms with Gasteiger partial charge >= 0.3 is 0 Å². The molecule has 0 atom stereocenters. The highest BCUT2D eigenvalue weighted by Crippen LogP contribution is 2.26. The Morgan fingerprint density at radius 2 is 1.48 bits per heavy atom. The van der Waals surface area contributed by atoms with E-state index in [4.69, 9.17) is 0 Å². The zero-order chi connectivity index (χ0) is 16.1. The number of hydrogen-bond donors (Lipinski definition) is 0. The fourth-order valence-electron chi connectivity index (χ4n) is 3.17. The molecule has 2 aromatic carbocycles. The molecule has 23 heavy (non-hydrogen) atoms. The van der Waals surface area contributed by atoms with Crippen molar-refractivity contribution in [2.75, 3.05) is 43.4 Å². The molecule has 1 fully saturated rings. The van der Waals surface area contributed by atoms with Crippen LogP contribution in [0.2, 0.25) is 0 Å². The number of rotatable bonds is 5. The maximum Gasteiger partial charge on any atom is 0.0367 e. The van der Waals surface area contributed by atoms with Gasteiger partial charge < -0.3 is 4.90 Å². The SMILES string of the molecule is Cc1cccc(C)c1SCCN1CCN(c2ccccc2)CC1. The van der Waals surface area contributed by atoms with Gasteiger partial charge in [-0.1, -0.05) is 36.4 Å². The molecule has 1 saturated heterocycles. The van der Waals surface area contributed by atoms with Gasteiger partial charge in [-0.2, -0.15) is 0 Å². The summed E-state index contributed by atoms with van der Waals surface area (Å²) in [5.74, 6) is 1.18. The predicted octanol–water partition coefficient (Wildman–Crippen LogP) is 4.22. The molecule has 0 amide bonds. The molecular formula is C20H26N2S. The highest BCUT2D eigenvalue weighted by molar-refractivity contribution is 7.99. The van der Waals surface area contributed by atoms with Gasteiger partial charge in [-0.05, 0) is 37.1 Å². The Morgan fingerprint density at radius 3 is 2.13 bits per heavy atom. The molecule has 2 aromatic rings. The lowest BCUT2D eigenvalue weighted by molar-refractivity contribution is 0.273. The summed E-state index contributed by atoms with van der Waals surface area (Å²) in [7, 11) is 0. The van der Waals surface area contributed by atoms with Gasteiger partial charge in [0.05, 0.1) is 0 Å². The number of piperazine rings is 1. The Bertz CT molecular complexity index is 599. The maximum absolute atomic E-state index is 2.60. The lowest BCUT2D eigenvalue weighted by Crippen LogP contribution is -2.47. The van der Waals surface area contributed by atoms with Crippen LogP contribution in [-0.2, 0) is 0 Å². The van der Waals surface area contributed by atoms with Crippen LogP contribution in [0.4, 0.5) is 5.69 Å². The Kier molecular flexibility index (Phi) is 5.63. The van der Waals surface area contributed by atoms with Gasteiger partial charge in [0.1, 0.15) is 0 Å². The first-order valence-corrected chi connectivity index (χ1v) is 9.44. The number of benzene rings is 2. The highest BCUT2D eigenvalue weighted by atomic mass is 32.2. The van der Waals surface area contributed by atoms with Crippen LogP contribution in [0.25, 0.3) is 0 Å². The van der Waals surface area contributed by atoms with Crippen LogP contribution in [0, 0.1) is 13.8 Å². The van der Waals surface area contributed by atoms with E-state index in [0.29, 0.717) is 0 Å². The molecule has 1 aliphatic heterocycles. The van der Waals surface area contributed by atoms with Gasteiger partial charge in [0, 0.05) is 49.1 Å². The molecular weight excluding hydrogens is 300 g/mol. The first kappa shape index (κ1) is 16.4. The minimum Gasteiger partial charge on any atom is -0.369 e. The molecule has 0 unspecified atom stereocenters. The van der Waals surface area contributed by atoms with Crippen molar-refractivity contribution in [3.8, 4) is 0 Å². The summed E-state index contributed by atoms with van der Waals surface area (Å²) in [4.78, 5) is 6.56. The zero-order valence-corrected chi connectivity index (χ0v) is 15.0. The molecule has 1 heterocycles. The molecule has 122 valence electrons. The van der Waals surface area contributed by atoms with E-state index in [9.17, 15) is 0 Å². The second-order valence-corrected chi connectivity index (χ2v) is 7.34. The van der Waals surface area contributed by atoms with Crippen molar-refractivity contribution in [2.24, 2.45) is 0 Å². The van der Waals surface area contributed by atoms with Crippen LogP contribution in [0.1, 0.15) is 11.1 Å². The number of hydrogen-bond acceptors (Lipinski definition) is 3. The van der Waals surface area contributed by atoms with E-state index < -0.39 is 0 Å². The van der Waals surface area contributed by atoms with E-state index in [2.05, 4.69) is 72.2 Å². The lowest BCUT2D eigenvalue weighted by Gasteiger charge is -2.36. The standard InChI is InChI=1S/C20H26N2S/c1-17-7-6-8-18(2)20(17)23-16-15-21-11-13-22(14-12-21)19-9-4-3-5-10-19/h3-10H,11-16H2,1-2H3. The molecule has 3 rings (SSSR count). The Hall–Kier alpha value is -1.45. The van der Waals surface area contributed by atoms with Crippen molar-refractivity contribution in [1.82, 2.24) is 4.90 Å². The molecule has 0 radical (unpaired) electrons. The summed E-state index contributed by atoms with van der Waals surface area (Å²) in [6.45, 7) is 10.2. The topological polar surface area (TPSA) is 6.48 Å². The average molecular weight is 327 g/mol. The highest BCUT2D eigenvalue weighted by Gasteiger charge is 2.16. The Balaban J connectivity index is 1.45. The van der Waals surface area contributed by atoms with E-state index >= 15 is 0 Å². The van der Waals surface area contributed by atoms with Crippen LogP contribution >= 0.6 is 11.8 Å². The van der Waals surface area contributed by atoms with E-state index in [1.54, 1.807) is 0 Å². The largest absolute Gasteiger partial charge is 0.369 e. The number of nitrogens with zero attached hydrogens (tertiary/aromatic N) is 2. The van der Waals surface area contributed by atoms with Gasteiger partial charge in [0.15, 0.2) is 0 Å². The second kappa shape index (κ2) is 7.89. The third-order valence-electron chi connectivity index (χ3n) is 4.56. The molecule has 0 aliphatic carbocycles. The fraction of sp³-hybridized carbons (Fsp3) is 0.400. The fourth-order valence-corrected chi connectivity index (χ4v) is 4.32. The second-order valence-electron chi connectivity index (χ2n) is 6.23. The van der Waals surface area contributed by atoms with Crippen molar-refractivity contribution < 1.29 is 0 Å². The predicted molar refractivity (Wildman–Crippen MR) is 102 cm³/mol. The van der Waals surface area contributed by atoms with Gasteiger partial charge in [0.25, 0.3) is 0 Å². The number of thioether (sulfide) groups is 1. The van der Waals surface area contributed by atoms with E-state index in [-0.39, 0.29) is 0 Å². The van der Waals surface area contributed by atoms with Crippen molar-refractivity contribution in [1.29, 1.82) is 0 Å². The zero-order valence-electron chi connectivity index (χ0n) is 14.2. The van der Waals surface area contributed by atoms with Crippen LogP contribution in [0.15, 0.2) is 53.4 Å². The van der Waals surface area contributed by atoms with Gasteiger partial charge in [0.2, 0.25) is 0 Å². The molecule has 2 nitrogen and oxygen atoms in total.